The van der Waals surface area contributed by atoms with Crippen molar-refractivity contribution in [2.75, 3.05) is 19.0 Å². The molecule has 3 rings (SSSR count). The van der Waals surface area contributed by atoms with Crippen LogP contribution in [0.2, 0.25) is 0 Å². The van der Waals surface area contributed by atoms with E-state index in [0.717, 1.165) is 5.56 Å². The van der Waals surface area contributed by atoms with Crippen molar-refractivity contribution in [1.82, 2.24) is 25.2 Å². The summed E-state index contributed by atoms with van der Waals surface area (Å²) in [5.74, 6) is 0.810. The van der Waals surface area contributed by atoms with E-state index in [0.29, 0.717) is 36.1 Å². The van der Waals surface area contributed by atoms with Gasteiger partial charge in [0.2, 0.25) is 5.82 Å². The minimum absolute atomic E-state index is 0.0798. The number of carbonyl (C=O) groups excluding carboxylic acids is 1. The van der Waals surface area contributed by atoms with Gasteiger partial charge >= 0.3 is 6.09 Å². The van der Waals surface area contributed by atoms with Crippen molar-refractivity contribution in [2.45, 2.75) is 26.1 Å². The van der Waals surface area contributed by atoms with Crippen LogP contribution < -0.4 is 5.32 Å². The average molecular weight is 439 g/mol. The highest BCUT2D eigenvalue weighted by atomic mass is 16.6. The van der Waals surface area contributed by atoms with Crippen LogP contribution in [0, 0.1) is 0 Å². The Morgan fingerprint density at radius 3 is 2.72 bits per heavy atom. The highest BCUT2D eigenvalue weighted by Gasteiger charge is 2.15. The van der Waals surface area contributed by atoms with Crippen molar-refractivity contribution in [2.24, 2.45) is 12.2 Å². The summed E-state index contributed by atoms with van der Waals surface area (Å²) in [6.45, 7) is 2.39. The van der Waals surface area contributed by atoms with Crippen molar-refractivity contribution < 1.29 is 19.1 Å². The molecule has 1 aromatic carbocycles. The van der Waals surface area contributed by atoms with Crippen LogP contribution in [0.15, 0.2) is 53.7 Å². The zero-order valence-corrected chi connectivity index (χ0v) is 18.1. The number of anilines is 1. The van der Waals surface area contributed by atoms with Gasteiger partial charge in [-0.05, 0) is 29.5 Å². The molecule has 1 amide bonds. The molecule has 0 bridgehead atoms. The van der Waals surface area contributed by atoms with E-state index < -0.39 is 6.09 Å². The maximum Gasteiger partial charge on any atom is 0.413 e. The molecule has 11 nitrogen and oxygen atoms in total. The maximum atomic E-state index is 12.0. The highest BCUT2D eigenvalue weighted by Crippen LogP contribution is 2.11. The monoisotopic (exact) mass is 439 g/mol. The van der Waals surface area contributed by atoms with E-state index in [4.69, 9.17) is 14.3 Å². The largest absolute Gasteiger partial charge is 0.446 e. The number of carbonyl (C=O) groups is 1. The van der Waals surface area contributed by atoms with E-state index in [1.54, 1.807) is 39.3 Å². The van der Waals surface area contributed by atoms with Gasteiger partial charge in [0.1, 0.15) is 11.9 Å². The van der Waals surface area contributed by atoms with Gasteiger partial charge in [0, 0.05) is 32.7 Å². The van der Waals surface area contributed by atoms with Crippen molar-refractivity contribution >= 4 is 17.6 Å². The Morgan fingerprint density at radius 2 is 2.00 bits per heavy atom. The molecular formula is C21H25N7O4. The van der Waals surface area contributed by atoms with Gasteiger partial charge in [-0.2, -0.15) is 0 Å². The number of pyridine rings is 1. The summed E-state index contributed by atoms with van der Waals surface area (Å²) in [6, 6.07) is 14.6. The molecule has 168 valence electrons. The molecule has 2 aromatic heterocycles. The van der Waals surface area contributed by atoms with E-state index >= 15 is 0 Å². The van der Waals surface area contributed by atoms with E-state index in [2.05, 4.69) is 31.0 Å². The summed E-state index contributed by atoms with van der Waals surface area (Å²) < 4.78 is 11.8. The molecule has 1 N–H and O–H groups in total. The fraction of sp³-hybridized carbons (Fsp3) is 0.333. The Kier molecular flexibility index (Phi) is 8.21. The number of benzene rings is 1. The van der Waals surface area contributed by atoms with Gasteiger partial charge in [0.15, 0.2) is 12.3 Å². The molecular weight excluding hydrogens is 414 g/mol. The number of nitrogens with zero attached hydrogens (tertiary/aromatic N) is 6. The normalized spacial score (nSPS) is 12.3. The molecule has 0 saturated heterocycles. The second kappa shape index (κ2) is 11.5. The van der Waals surface area contributed by atoms with Crippen LogP contribution in [-0.4, -0.2) is 56.8 Å². The standard InChI is InChI=1S/C21H25N7O4/c1-15(12-13-30-3)32-21(29)23-18-11-7-10-17(22-18)14-31-25-19(16-8-5-4-6-9-16)20-24-26-27-28(20)2/h4-11,15H,12-14H2,1-3H3,(H,22,23,29). The summed E-state index contributed by atoms with van der Waals surface area (Å²) in [5, 5.41) is 18.4. The third kappa shape index (κ3) is 6.57. The third-order valence-corrected chi connectivity index (χ3v) is 4.32. The van der Waals surface area contributed by atoms with Crippen LogP contribution in [0.1, 0.15) is 30.4 Å². The number of amides is 1. The zero-order valence-electron chi connectivity index (χ0n) is 18.1. The predicted octanol–water partition coefficient (Wildman–Crippen LogP) is 2.55. The maximum absolute atomic E-state index is 12.0. The molecule has 2 heterocycles. The number of tetrazole rings is 1. The minimum Gasteiger partial charge on any atom is -0.446 e. The fourth-order valence-corrected chi connectivity index (χ4v) is 2.70. The minimum atomic E-state index is -0.585. The Balaban J connectivity index is 1.64. The summed E-state index contributed by atoms with van der Waals surface area (Å²) >= 11 is 0. The Morgan fingerprint density at radius 1 is 1.19 bits per heavy atom. The van der Waals surface area contributed by atoms with Crippen molar-refractivity contribution in [3.05, 3.63) is 65.6 Å². The Bertz CT molecular complexity index is 1040. The van der Waals surface area contributed by atoms with E-state index in [1.165, 1.54) is 4.68 Å². The first kappa shape index (κ1) is 22.8. The van der Waals surface area contributed by atoms with Gasteiger partial charge < -0.3 is 14.3 Å². The number of nitrogens with one attached hydrogen (secondary N) is 1. The molecule has 0 aliphatic heterocycles. The molecule has 0 aliphatic carbocycles. The first-order valence-electron chi connectivity index (χ1n) is 9.97. The topological polar surface area (TPSA) is 126 Å². The van der Waals surface area contributed by atoms with E-state index in [9.17, 15) is 4.79 Å². The van der Waals surface area contributed by atoms with Crippen LogP contribution >= 0.6 is 0 Å². The summed E-state index contributed by atoms with van der Waals surface area (Å²) in [5.41, 5.74) is 1.86. The molecule has 1 unspecified atom stereocenters. The number of aromatic nitrogens is 5. The fourth-order valence-electron chi connectivity index (χ4n) is 2.70. The lowest BCUT2D eigenvalue weighted by Gasteiger charge is -2.13. The Hall–Kier alpha value is -3.86. The first-order chi connectivity index (χ1) is 15.6. The lowest BCUT2D eigenvalue weighted by Crippen LogP contribution is -2.21. The summed E-state index contributed by atoms with van der Waals surface area (Å²) in [4.78, 5) is 21.9. The number of hydrogen-bond donors (Lipinski definition) is 1. The molecule has 11 heteroatoms. The van der Waals surface area contributed by atoms with E-state index in [1.807, 2.05) is 30.3 Å². The number of oxime groups is 1. The number of ether oxygens (including phenoxy) is 2. The summed E-state index contributed by atoms with van der Waals surface area (Å²) in [6.07, 6.45) is -0.255. The zero-order chi connectivity index (χ0) is 22.8. The second-order valence-electron chi connectivity index (χ2n) is 6.84. The van der Waals surface area contributed by atoms with Crippen LogP contribution in [0.25, 0.3) is 0 Å². The second-order valence-corrected chi connectivity index (χ2v) is 6.84. The number of methoxy groups -OCH3 is 1. The average Bonchev–Trinajstić information content (AvgIpc) is 3.21. The molecule has 32 heavy (non-hydrogen) atoms. The number of aryl methyl sites for hydroxylation is 1. The molecule has 1 atom stereocenters. The third-order valence-electron chi connectivity index (χ3n) is 4.32. The number of hydrogen-bond acceptors (Lipinski definition) is 9. The van der Waals surface area contributed by atoms with Gasteiger partial charge in [-0.25, -0.2) is 14.5 Å². The first-order valence-corrected chi connectivity index (χ1v) is 9.97. The predicted molar refractivity (Wildman–Crippen MR) is 116 cm³/mol. The summed E-state index contributed by atoms with van der Waals surface area (Å²) in [7, 11) is 3.32. The van der Waals surface area contributed by atoms with Crippen LogP contribution in [0.3, 0.4) is 0 Å². The number of rotatable bonds is 10. The van der Waals surface area contributed by atoms with Gasteiger partial charge in [-0.15, -0.1) is 5.10 Å². The quantitative estimate of drug-likeness (QED) is 0.377. The van der Waals surface area contributed by atoms with Crippen LogP contribution in [0.4, 0.5) is 10.6 Å². The van der Waals surface area contributed by atoms with Crippen molar-refractivity contribution in [1.29, 1.82) is 0 Å². The van der Waals surface area contributed by atoms with Crippen LogP contribution in [0.5, 0.6) is 0 Å². The van der Waals surface area contributed by atoms with Gasteiger partial charge in [-0.3, -0.25) is 5.32 Å². The van der Waals surface area contributed by atoms with Crippen LogP contribution in [-0.2, 0) is 28.0 Å². The molecule has 0 aliphatic rings. The molecule has 0 spiro atoms. The molecule has 3 aromatic rings. The molecule has 0 fully saturated rings. The lowest BCUT2D eigenvalue weighted by molar-refractivity contribution is 0.0904. The molecule has 0 saturated carbocycles. The van der Waals surface area contributed by atoms with Crippen molar-refractivity contribution in [3.63, 3.8) is 0 Å². The van der Waals surface area contributed by atoms with Gasteiger partial charge in [0.05, 0.1) is 5.69 Å². The Labute approximate surface area is 185 Å². The van der Waals surface area contributed by atoms with Gasteiger partial charge in [-0.1, -0.05) is 41.6 Å². The lowest BCUT2D eigenvalue weighted by atomic mass is 10.1. The van der Waals surface area contributed by atoms with Crippen molar-refractivity contribution in [3.8, 4) is 0 Å². The SMILES string of the molecule is COCCC(C)OC(=O)Nc1cccc(CON=C(c2ccccc2)c2nnnn2C)n1. The highest BCUT2D eigenvalue weighted by molar-refractivity contribution is 6.10. The van der Waals surface area contributed by atoms with E-state index in [-0.39, 0.29) is 12.7 Å². The van der Waals surface area contributed by atoms with Gasteiger partial charge in [0.25, 0.3) is 0 Å². The molecule has 0 radical (unpaired) electrons. The smallest absolute Gasteiger partial charge is 0.413 e.